The summed E-state index contributed by atoms with van der Waals surface area (Å²) in [6.45, 7) is -0.0396. The molecule has 1 N–H and O–H groups in total. The van der Waals surface area contributed by atoms with Gasteiger partial charge in [0.05, 0.1) is 7.11 Å². The Morgan fingerprint density at radius 1 is 1.61 bits per heavy atom. The lowest BCUT2D eigenvalue weighted by molar-refractivity contribution is -0.139. The van der Waals surface area contributed by atoms with Crippen LogP contribution in [0, 0.1) is 0 Å². The van der Waals surface area contributed by atoms with E-state index in [0.717, 1.165) is 0 Å². The van der Waals surface area contributed by atoms with Crippen molar-refractivity contribution in [1.82, 2.24) is 9.71 Å². The van der Waals surface area contributed by atoms with Gasteiger partial charge in [-0.3, -0.25) is 9.78 Å². The van der Waals surface area contributed by atoms with Crippen LogP contribution in [-0.4, -0.2) is 37.0 Å². The highest BCUT2D eigenvalue weighted by molar-refractivity contribution is 14.1. The minimum atomic E-state index is -3.67. The highest BCUT2D eigenvalue weighted by atomic mass is 127. The molecule has 1 aromatic rings. The molecule has 0 saturated heterocycles. The van der Waals surface area contributed by atoms with Crippen LogP contribution in [0.1, 0.15) is 0 Å². The fraction of sp³-hybridized carbons (Fsp3) is 0.333. The molecule has 1 aromatic heterocycles. The van der Waals surface area contributed by atoms with Gasteiger partial charge in [-0.15, -0.1) is 0 Å². The average Bonchev–Trinajstić information content (AvgIpc) is 2.35. The van der Waals surface area contributed by atoms with E-state index in [-0.39, 0.29) is 11.4 Å². The summed E-state index contributed by atoms with van der Waals surface area (Å²) in [6, 6.07) is 1.43. The van der Waals surface area contributed by atoms with E-state index in [1.165, 1.54) is 25.6 Å². The highest BCUT2D eigenvalue weighted by Gasteiger charge is 2.20. The van der Waals surface area contributed by atoms with Crippen molar-refractivity contribution in [3.63, 3.8) is 0 Å². The van der Waals surface area contributed by atoms with E-state index >= 15 is 0 Å². The number of halogens is 2. The van der Waals surface area contributed by atoms with Gasteiger partial charge in [-0.25, -0.2) is 13.1 Å². The van der Waals surface area contributed by atoms with Crippen molar-refractivity contribution in [2.24, 2.45) is 0 Å². The molecule has 0 spiro atoms. The zero-order chi connectivity index (χ0) is 13.8. The number of rotatable bonds is 5. The molecule has 0 saturated carbocycles. The number of pyridine rings is 1. The van der Waals surface area contributed by atoms with Gasteiger partial charge in [0.25, 0.3) is 0 Å². The number of sulfonamides is 1. The Kier molecular flexibility index (Phi) is 5.95. The van der Waals surface area contributed by atoms with Crippen molar-refractivity contribution in [2.75, 3.05) is 13.7 Å². The maximum Gasteiger partial charge on any atom is 0.319 e. The minimum absolute atomic E-state index is 0.0327. The molecule has 0 amide bonds. The summed E-state index contributed by atoms with van der Waals surface area (Å²) in [6.07, 6.45) is 2.71. The van der Waals surface area contributed by atoms with Crippen LogP contribution in [0.5, 0.6) is 0 Å². The second-order valence-corrected chi connectivity index (χ2v) is 7.37. The number of nitrogens with one attached hydrogen (secondary N) is 1. The number of nitrogens with zero attached hydrogens (tertiary/aromatic N) is 1. The SMILES string of the molecule is COC(=O)C(I)CNS(=O)(=O)c1cncc(Br)c1. The second kappa shape index (κ2) is 6.78. The van der Waals surface area contributed by atoms with Crippen LogP contribution < -0.4 is 4.72 Å². The molecule has 1 heterocycles. The van der Waals surface area contributed by atoms with Crippen LogP contribution in [0.2, 0.25) is 0 Å². The zero-order valence-electron chi connectivity index (χ0n) is 9.26. The van der Waals surface area contributed by atoms with Gasteiger partial charge in [-0.2, -0.15) is 0 Å². The Balaban J connectivity index is 2.75. The van der Waals surface area contributed by atoms with Gasteiger partial charge in [-0.05, 0) is 22.0 Å². The third kappa shape index (κ3) is 4.44. The largest absolute Gasteiger partial charge is 0.468 e. The van der Waals surface area contributed by atoms with E-state index in [1.807, 2.05) is 22.6 Å². The molecule has 1 atom stereocenters. The summed E-state index contributed by atoms with van der Waals surface area (Å²) in [5.41, 5.74) is 0. The van der Waals surface area contributed by atoms with Gasteiger partial charge in [0, 0.05) is 23.4 Å². The lowest BCUT2D eigenvalue weighted by Gasteiger charge is -2.09. The van der Waals surface area contributed by atoms with Crippen molar-refractivity contribution in [3.8, 4) is 0 Å². The first-order valence-electron chi connectivity index (χ1n) is 4.69. The van der Waals surface area contributed by atoms with Crippen molar-refractivity contribution in [2.45, 2.75) is 8.82 Å². The smallest absolute Gasteiger partial charge is 0.319 e. The van der Waals surface area contributed by atoms with Gasteiger partial charge in [0.2, 0.25) is 10.0 Å². The summed E-state index contributed by atoms with van der Waals surface area (Å²) >= 11 is 4.95. The number of ether oxygens (including phenoxy) is 1. The topological polar surface area (TPSA) is 85.4 Å². The van der Waals surface area contributed by atoms with Crippen LogP contribution in [-0.2, 0) is 19.6 Å². The fourth-order valence-electron chi connectivity index (χ4n) is 1.02. The highest BCUT2D eigenvalue weighted by Crippen LogP contribution is 2.14. The van der Waals surface area contributed by atoms with E-state index in [2.05, 4.69) is 30.4 Å². The molecule has 9 heteroatoms. The first kappa shape index (κ1) is 15.8. The predicted octanol–water partition coefficient (Wildman–Crippen LogP) is 1.10. The minimum Gasteiger partial charge on any atom is -0.468 e. The lowest BCUT2D eigenvalue weighted by atomic mass is 10.4. The number of esters is 1. The fourth-order valence-corrected chi connectivity index (χ4v) is 3.34. The maximum absolute atomic E-state index is 11.9. The van der Waals surface area contributed by atoms with Crippen LogP contribution in [0.25, 0.3) is 0 Å². The predicted molar refractivity (Wildman–Crippen MR) is 76.9 cm³/mol. The number of hydrogen-bond donors (Lipinski definition) is 1. The Labute approximate surface area is 127 Å². The lowest BCUT2D eigenvalue weighted by Crippen LogP contribution is -2.33. The van der Waals surface area contributed by atoms with E-state index < -0.39 is 19.9 Å². The molecule has 0 aliphatic heterocycles. The molecule has 1 unspecified atom stereocenters. The molecule has 0 aliphatic rings. The normalized spacial score (nSPS) is 13.1. The summed E-state index contributed by atoms with van der Waals surface area (Å²) in [7, 11) is -2.42. The number of methoxy groups -OCH3 is 1. The Morgan fingerprint density at radius 2 is 2.28 bits per heavy atom. The number of alkyl halides is 1. The maximum atomic E-state index is 11.9. The Hall–Kier alpha value is -0.260. The first-order valence-corrected chi connectivity index (χ1v) is 8.21. The first-order chi connectivity index (χ1) is 8.36. The Morgan fingerprint density at radius 3 is 2.83 bits per heavy atom. The van der Waals surface area contributed by atoms with Gasteiger partial charge >= 0.3 is 5.97 Å². The van der Waals surface area contributed by atoms with Crippen molar-refractivity contribution in [1.29, 1.82) is 0 Å². The van der Waals surface area contributed by atoms with Gasteiger partial charge in [0.1, 0.15) is 8.82 Å². The van der Waals surface area contributed by atoms with Crippen LogP contribution in [0.15, 0.2) is 27.8 Å². The molecule has 0 bridgehead atoms. The summed E-state index contributed by atoms with van der Waals surface area (Å²) in [4.78, 5) is 14.9. The molecule has 0 radical (unpaired) electrons. The second-order valence-electron chi connectivity index (χ2n) is 3.18. The summed E-state index contributed by atoms with van der Waals surface area (Å²) in [5, 5.41) is 0. The van der Waals surface area contributed by atoms with E-state index in [4.69, 9.17) is 0 Å². The summed E-state index contributed by atoms with van der Waals surface area (Å²) < 4.78 is 30.5. The van der Waals surface area contributed by atoms with E-state index in [0.29, 0.717) is 4.47 Å². The number of hydrogen-bond acceptors (Lipinski definition) is 5. The third-order valence-corrected chi connectivity index (χ3v) is 4.67. The molecule has 6 nitrogen and oxygen atoms in total. The van der Waals surface area contributed by atoms with Crippen molar-refractivity contribution >= 4 is 54.5 Å². The zero-order valence-corrected chi connectivity index (χ0v) is 13.8. The summed E-state index contributed by atoms with van der Waals surface area (Å²) in [5.74, 6) is -0.481. The molecule has 0 aromatic carbocycles. The van der Waals surface area contributed by atoms with Crippen molar-refractivity contribution in [3.05, 3.63) is 22.9 Å². The molecule has 0 aliphatic carbocycles. The van der Waals surface area contributed by atoms with Crippen LogP contribution >= 0.6 is 38.5 Å². The molecule has 100 valence electrons. The number of aromatic nitrogens is 1. The number of carbonyl (C=O) groups excluding carboxylic acids is 1. The van der Waals surface area contributed by atoms with Gasteiger partial charge < -0.3 is 4.74 Å². The molecule has 18 heavy (non-hydrogen) atoms. The third-order valence-electron chi connectivity index (χ3n) is 1.90. The molecule has 0 fully saturated rings. The van der Waals surface area contributed by atoms with Crippen LogP contribution in [0.4, 0.5) is 0 Å². The number of carbonyl (C=O) groups is 1. The Bertz CT molecular complexity index is 537. The van der Waals surface area contributed by atoms with Crippen LogP contribution in [0.3, 0.4) is 0 Å². The molecule has 1 rings (SSSR count). The quantitative estimate of drug-likeness (QED) is 0.414. The standard InChI is InChI=1S/C9H10BrIN2O4S/c1-17-9(14)8(11)5-13-18(15,16)7-2-6(10)3-12-4-7/h2-4,8,13H,5H2,1H3. The molecular weight excluding hydrogens is 439 g/mol. The van der Waals surface area contributed by atoms with Gasteiger partial charge in [0.15, 0.2) is 0 Å². The molecular formula is C9H10BrIN2O4S. The monoisotopic (exact) mass is 448 g/mol. The van der Waals surface area contributed by atoms with E-state index in [9.17, 15) is 13.2 Å². The van der Waals surface area contributed by atoms with E-state index in [1.54, 1.807) is 0 Å². The average molecular weight is 449 g/mol. The van der Waals surface area contributed by atoms with Crippen molar-refractivity contribution < 1.29 is 17.9 Å². The van der Waals surface area contributed by atoms with Gasteiger partial charge in [-0.1, -0.05) is 22.6 Å².